The van der Waals surface area contributed by atoms with E-state index in [1.54, 1.807) is 25.3 Å². The Morgan fingerprint density at radius 2 is 1.93 bits per heavy atom. The molecule has 0 bridgehead atoms. The summed E-state index contributed by atoms with van der Waals surface area (Å²) in [5.41, 5.74) is 2.75. The highest BCUT2D eigenvalue weighted by atomic mass is 32.2. The molecule has 2 N–H and O–H groups in total. The Balaban J connectivity index is 1.54. The number of aromatic nitrogens is 2. The maximum absolute atomic E-state index is 12.5. The Labute approximate surface area is 160 Å². The predicted octanol–water partition coefficient (Wildman–Crippen LogP) is 1.32. The molecular weight excluding hydrogens is 366 g/mol. The fraction of sp³-hybridized carbons (Fsp3) is 0.444. The molecule has 2 aromatic rings. The highest BCUT2D eigenvalue weighted by Crippen LogP contribution is 2.17. The number of nitrogens with zero attached hydrogens (tertiary/aromatic N) is 3. The molecule has 0 aliphatic carbocycles. The van der Waals surface area contributed by atoms with E-state index in [9.17, 15) is 8.42 Å². The van der Waals surface area contributed by atoms with Crippen molar-refractivity contribution in [1.29, 1.82) is 0 Å². The second-order valence-corrected chi connectivity index (χ2v) is 8.23. The van der Waals surface area contributed by atoms with Gasteiger partial charge in [-0.25, -0.2) is 13.1 Å². The minimum Gasteiger partial charge on any atom is -0.378 e. The van der Waals surface area contributed by atoms with Crippen LogP contribution in [0.5, 0.6) is 0 Å². The van der Waals surface area contributed by atoms with Gasteiger partial charge in [0.2, 0.25) is 10.0 Å². The second kappa shape index (κ2) is 8.64. The Bertz CT molecular complexity index is 882. The quantitative estimate of drug-likeness (QED) is 0.687. The number of hydrogen-bond acceptors (Lipinski definition) is 7. The fourth-order valence-electron chi connectivity index (χ4n) is 2.99. The smallest absolute Gasteiger partial charge is 0.240 e. The van der Waals surface area contributed by atoms with Gasteiger partial charge in [-0.2, -0.15) is 5.10 Å². The number of sulfonamides is 1. The van der Waals surface area contributed by atoms with Crippen molar-refractivity contribution in [3.05, 3.63) is 41.6 Å². The topological polar surface area (TPSA) is 96.5 Å². The van der Waals surface area contributed by atoms with Crippen molar-refractivity contribution in [2.45, 2.75) is 18.7 Å². The predicted molar refractivity (Wildman–Crippen MR) is 105 cm³/mol. The van der Waals surface area contributed by atoms with Gasteiger partial charge >= 0.3 is 0 Å². The number of ether oxygens (including phenoxy) is 1. The molecule has 8 nitrogen and oxygen atoms in total. The van der Waals surface area contributed by atoms with Crippen LogP contribution in [0.3, 0.4) is 0 Å². The van der Waals surface area contributed by atoms with Crippen LogP contribution in [-0.2, 0) is 14.8 Å². The molecule has 1 aliphatic heterocycles. The third kappa shape index (κ3) is 5.15. The van der Waals surface area contributed by atoms with Crippen molar-refractivity contribution in [1.82, 2.24) is 14.9 Å². The summed E-state index contributed by atoms with van der Waals surface area (Å²) in [6.07, 6.45) is 1.72. The zero-order chi connectivity index (χ0) is 19.3. The molecule has 1 aromatic carbocycles. The van der Waals surface area contributed by atoms with Gasteiger partial charge in [-0.05, 0) is 25.5 Å². The van der Waals surface area contributed by atoms with E-state index in [2.05, 4.69) is 25.1 Å². The molecular formula is C18H25N5O3S. The van der Waals surface area contributed by atoms with E-state index in [1.165, 1.54) is 0 Å². The first kappa shape index (κ1) is 19.5. The molecule has 0 radical (unpaired) electrons. The maximum Gasteiger partial charge on any atom is 0.240 e. The molecule has 1 saturated heterocycles. The van der Waals surface area contributed by atoms with Crippen molar-refractivity contribution in [3.8, 4) is 0 Å². The van der Waals surface area contributed by atoms with Gasteiger partial charge < -0.3 is 15.0 Å². The van der Waals surface area contributed by atoms with E-state index in [4.69, 9.17) is 4.74 Å². The summed E-state index contributed by atoms with van der Waals surface area (Å²) >= 11 is 0. The average molecular weight is 391 g/mol. The van der Waals surface area contributed by atoms with E-state index < -0.39 is 10.0 Å². The third-order valence-corrected chi connectivity index (χ3v) is 5.98. The molecule has 146 valence electrons. The van der Waals surface area contributed by atoms with Crippen LogP contribution in [0.1, 0.15) is 11.1 Å². The van der Waals surface area contributed by atoms with E-state index in [0.29, 0.717) is 30.5 Å². The zero-order valence-corrected chi connectivity index (χ0v) is 16.4. The van der Waals surface area contributed by atoms with Gasteiger partial charge in [-0.15, -0.1) is 5.10 Å². The Morgan fingerprint density at radius 3 is 2.67 bits per heavy atom. The molecule has 1 fully saturated rings. The van der Waals surface area contributed by atoms with Crippen molar-refractivity contribution in [2.24, 2.45) is 0 Å². The van der Waals surface area contributed by atoms with Gasteiger partial charge in [0.15, 0.2) is 5.82 Å². The summed E-state index contributed by atoms with van der Waals surface area (Å²) in [5, 5.41) is 11.2. The molecule has 0 atom stereocenters. The summed E-state index contributed by atoms with van der Waals surface area (Å²) in [4.78, 5) is 2.49. The molecule has 0 spiro atoms. The number of aryl methyl sites for hydroxylation is 2. The first-order chi connectivity index (χ1) is 13.0. The number of anilines is 2. The lowest BCUT2D eigenvalue weighted by Crippen LogP contribution is -2.36. The Hall–Kier alpha value is -2.23. The van der Waals surface area contributed by atoms with Gasteiger partial charge in [0.1, 0.15) is 0 Å². The van der Waals surface area contributed by atoms with E-state index >= 15 is 0 Å². The van der Waals surface area contributed by atoms with E-state index in [1.807, 2.05) is 19.1 Å². The summed E-state index contributed by atoms with van der Waals surface area (Å²) < 4.78 is 32.9. The van der Waals surface area contributed by atoms with Gasteiger partial charge in [0, 0.05) is 32.2 Å². The van der Waals surface area contributed by atoms with Gasteiger partial charge in [0.05, 0.1) is 30.0 Å². The number of morpholine rings is 1. The average Bonchev–Trinajstić information content (AvgIpc) is 2.66. The highest BCUT2D eigenvalue weighted by Gasteiger charge is 2.16. The molecule has 2 heterocycles. The minimum absolute atomic E-state index is 0.249. The van der Waals surface area contributed by atoms with Crippen molar-refractivity contribution in [2.75, 3.05) is 49.6 Å². The lowest BCUT2D eigenvalue weighted by atomic mass is 10.2. The molecule has 0 amide bonds. The molecule has 1 aliphatic rings. The normalized spacial score (nSPS) is 15.0. The van der Waals surface area contributed by atoms with Crippen molar-refractivity contribution < 1.29 is 13.2 Å². The van der Waals surface area contributed by atoms with Crippen LogP contribution in [-0.4, -0.2) is 58.0 Å². The maximum atomic E-state index is 12.5. The minimum atomic E-state index is -3.54. The number of hydrogen-bond donors (Lipinski definition) is 2. The first-order valence-electron chi connectivity index (χ1n) is 8.92. The summed E-state index contributed by atoms with van der Waals surface area (Å²) in [6.45, 7) is 7.43. The fourth-order valence-corrected chi connectivity index (χ4v) is 4.25. The van der Waals surface area contributed by atoms with Crippen LogP contribution in [0.15, 0.2) is 35.4 Å². The third-order valence-electron chi connectivity index (χ3n) is 4.36. The number of nitrogens with one attached hydrogen (secondary N) is 2. The van der Waals surface area contributed by atoms with Crippen LogP contribution >= 0.6 is 0 Å². The van der Waals surface area contributed by atoms with Gasteiger partial charge in [-0.3, -0.25) is 0 Å². The largest absolute Gasteiger partial charge is 0.378 e. The van der Waals surface area contributed by atoms with Crippen LogP contribution < -0.4 is 14.9 Å². The highest BCUT2D eigenvalue weighted by molar-refractivity contribution is 7.89. The first-order valence-corrected chi connectivity index (χ1v) is 10.4. The molecule has 1 aromatic heterocycles. The Kier molecular flexibility index (Phi) is 6.25. The van der Waals surface area contributed by atoms with Crippen molar-refractivity contribution in [3.63, 3.8) is 0 Å². The monoisotopic (exact) mass is 391 g/mol. The summed E-state index contributed by atoms with van der Waals surface area (Å²) in [7, 11) is -3.54. The van der Waals surface area contributed by atoms with Gasteiger partial charge in [-0.1, -0.05) is 17.7 Å². The van der Waals surface area contributed by atoms with Crippen molar-refractivity contribution >= 4 is 21.5 Å². The zero-order valence-electron chi connectivity index (χ0n) is 15.6. The standard InChI is InChI=1S/C18H25N5O3S/c1-14-3-4-17(15(2)11-14)27(24,25)21-6-5-19-18-12-16(13-20-22-18)23-7-9-26-10-8-23/h3-4,11-13,21H,5-10H2,1-2H3,(H,19,22). The van der Waals surface area contributed by atoms with Crippen LogP contribution in [0.25, 0.3) is 0 Å². The number of benzene rings is 1. The van der Waals surface area contributed by atoms with Crippen LogP contribution in [0.4, 0.5) is 11.5 Å². The number of rotatable bonds is 7. The van der Waals surface area contributed by atoms with Gasteiger partial charge in [0.25, 0.3) is 0 Å². The lowest BCUT2D eigenvalue weighted by molar-refractivity contribution is 0.122. The Morgan fingerprint density at radius 1 is 1.15 bits per heavy atom. The van der Waals surface area contributed by atoms with E-state index in [0.717, 1.165) is 29.9 Å². The summed E-state index contributed by atoms with van der Waals surface area (Å²) in [6, 6.07) is 7.21. The molecule has 27 heavy (non-hydrogen) atoms. The second-order valence-electron chi connectivity index (χ2n) is 6.49. The van der Waals surface area contributed by atoms with E-state index in [-0.39, 0.29) is 6.54 Å². The summed E-state index contributed by atoms with van der Waals surface area (Å²) in [5.74, 6) is 0.615. The SMILES string of the molecule is Cc1ccc(S(=O)(=O)NCCNc2cc(N3CCOCC3)cnn2)c(C)c1. The van der Waals surface area contributed by atoms with Crippen LogP contribution in [0, 0.1) is 13.8 Å². The molecule has 0 unspecified atom stereocenters. The molecule has 9 heteroatoms. The molecule has 0 saturated carbocycles. The molecule has 3 rings (SSSR count). The lowest BCUT2D eigenvalue weighted by Gasteiger charge is -2.28. The van der Waals surface area contributed by atoms with Crippen LogP contribution in [0.2, 0.25) is 0 Å².